The zero-order valence-electron chi connectivity index (χ0n) is 18.4. The van der Waals surface area contributed by atoms with Gasteiger partial charge in [-0.2, -0.15) is 0 Å². The number of carbonyl (C=O) groups is 1. The molecule has 5 rings (SSSR count). The summed E-state index contributed by atoms with van der Waals surface area (Å²) in [6, 6.07) is 23.9. The largest absolute Gasteiger partial charge is 0.337 e. The molecule has 2 aliphatic rings. The zero-order valence-corrected chi connectivity index (χ0v) is 20.8. The Morgan fingerprint density at radius 3 is 2.52 bits per heavy atom. The summed E-state index contributed by atoms with van der Waals surface area (Å²) in [5.41, 5.74) is 4.04. The van der Waals surface area contributed by atoms with E-state index in [2.05, 4.69) is 19.1 Å². The number of hydrogen-bond acceptors (Lipinski definition) is 5. The first-order valence-electron chi connectivity index (χ1n) is 10.6. The molecule has 1 amide bonds. The fraction of sp³-hybridized carbons (Fsp3) is 0.154. The first-order chi connectivity index (χ1) is 15.9. The molecule has 1 saturated heterocycles. The van der Waals surface area contributed by atoms with E-state index in [9.17, 15) is 4.79 Å². The quantitative estimate of drug-likeness (QED) is 0.361. The molecule has 1 fully saturated rings. The van der Waals surface area contributed by atoms with Crippen molar-refractivity contribution >= 4 is 57.6 Å². The SMILES string of the molecule is Cc1cccc(N2C(=O)/C(=C3/Sc4ccc(Cl)cc4N3C)SC2=N[C@@H](C)c2ccccc2)c1. The van der Waals surface area contributed by atoms with Gasteiger partial charge in [-0.1, -0.05) is 65.8 Å². The lowest BCUT2D eigenvalue weighted by Gasteiger charge is -2.18. The minimum atomic E-state index is -0.0804. The molecule has 4 nitrogen and oxygen atoms in total. The number of amides is 1. The summed E-state index contributed by atoms with van der Waals surface area (Å²) in [6.07, 6.45) is 0. The zero-order chi connectivity index (χ0) is 23.1. The van der Waals surface area contributed by atoms with Gasteiger partial charge in [0.15, 0.2) is 5.17 Å². The third-order valence-corrected chi connectivity index (χ3v) is 8.26. The van der Waals surface area contributed by atoms with Crippen molar-refractivity contribution in [3.05, 3.63) is 98.9 Å². The van der Waals surface area contributed by atoms with E-state index in [4.69, 9.17) is 16.6 Å². The smallest absolute Gasteiger partial charge is 0.274 e. The number of rotatable bonds is 3. The molecule has 33 heavy (non-hydrogen) atoms. The summed E-state index contributed by atoms with van der Waals surface area (Å²) in [6.45, 7) is 4.09. The van der Waals surface area contributed by atoms with Gasteiger partial charge in [-0.25, -0.2) is 0 Å². The summed E-state index contributed by atoms with van der Waals surface area (Å²) in [4.78, 5) is 24.3. The number of aliphatic imine (C=N–C) groups is 1. The molecule has 0 radical (unpaired) electrons. The van der Waals surface area contributed by atoms with Gasteiger partial charge in [-0.15, -0.1) is 0 Å². The van der Waals surface area contributed by atoms with Crippen molar-refractivity contribution in [1.82, 2.24) is 0 Å². The van der Waals surface area contributed by atoms with Crippen molar-refractivity contribution in [3.63, 3.8) is 0 Å². The number of halogens is 1. The van der Waals surface area contributed by atoms with Crippen LogP contribution < -0.4 is 9.80 Å². The lowest BCUT2D eigenvalue weighted by Crippen LogP contribution is -2.29. The molecule has 0 unspecified atom stereocenters. The van der Waals surface area contributed by atoms with Crippen LogP contribution in [0, 0.1) is 6.92 Å². The third-order valence-electron chi connectivity index (χ3n) is 5.62. The van der Waals surface area contributed by atoms with Crippen LogP contribution in [-0.2, 0) is 4.79 Å². The van der Waals surface area contributed by atoms with Gasteiger partial charge >= 0.3 is 0 Å². The van der Waals surface area contributed by atoms with Crippen LogP contribution in [0.25, 0.3) is 0 Å². The van der Waals surface area contributed by atoms with E-state index < -0.39 is 0 Å². The van der Waals surface area contributed by atoms with Crippen molar-refractivity contribution in [2.24, 2.45) is 4.99 Å². The van der Waals surface area contributed by atoms with Gasteiger partial charge in [0.05, 0.1) is 22.4 Å². The summed E-state index contributed by atoms with van der Waals surface area (Å²) in [7, 11) is 1.98. The Bertz CT molecular complexity index is 1310. The predicted molar refractivity (Wildman–Crippen MR) is 141 cm³/mol. The van der Waals surface area contributed by atoms with E-state index in [1.54, 1.807) is 16.7 Å². The first kappa shape index (κ1) is 22.1. The highest BCUT2D eigenvalue weighted by Gasteiger charge is 2.40. The molecule has 1 atom stereocenters. The van der Waals surface area contributed by atoms with E-state index in [1.165, 1.54) is 11.8 Å². The van der Waals surface area contributed by atoms with Crippen molar-refractivity contribution in [1.29, 1.82) is 0 Å². The molecule has 0 N–H and O–H groups in total. The molecule has 0 bridgehead atoms. The van der Waals surface area contributed by atoms with E-state index >= 15 is 0 Å². The second-order valence-corrected chi connectivity index (χ2v) is 10.4. The van der Waals surface area contributed by atoms with E-state index in [1.807, 2.05) is 79.5 Å². The Hall–Kier alpha value is -2.67. The van der Waals surface area contributed by atoms with Crippen molar-refractivity contribution < 1.29 is 4.79 Å². The van der Waals surface area contributed by atoms with E-state index in [0.29, 0.717) is 15.1 Å². The van der Waals surface area contributed by atoms with E-state index in [-0.39, 0.29) is 11.9 Å². The molecule has 0 aromatic heterocycles. The summed E-state index contributed by atoms with van der Waals surface area (Å²) < 4.78 is 0. The van der Waals surface area contributed by atoms with E-state index in [0.717, 1.165) is 32.4 Å². The maximum Gasteiger partial charge on any atom is 0.274 e. The number of benzene rings is 3. The molecule has 3 aromatic carbocycles. The lowest BCUT2D eigenvalue weighted by atomic mass is 10.1. The van der Waals surface area contributed by atoms with Crippen LogP contribution >= 0.6 is 35.1 Å². The van der Waals surface area contributed by atoms with Crippen LogP contribution in [0.1, 0.15) is 24.1 Å². The maximum absolute atomic E-state index is 13.8. The van der Waals surface area contributed by atoms with Gasteiger partial charge in [0.25, 0.3) is 5.91 Å². The van der Waals surface area contributed by atoms with Crippen molar-refractivity contribution in [2.75, 3.05) is 16.8 Å². The summed E-state index contributed by atoms with van der Waals surface area (Å²) in [5, 5.41) is 2.27. The van der Waals surface area contributed by atoms with Gasteiger partial charge in [0, 0.05) is 17.0 Å². The molecular formula is C26H22ClN3OS2. The number of hydrogen-bond donors (Lipinski definition) is 0. The van der Waals surface area contributed by atoms with Crippen LogP contribution in [0.2, 0.25) is 5.02 Å². The van der Waals surface area contributed by atoms with Crippen LogP contribution in [0.3, 0.4) is 0 Å². The normalized spacial score (nSPS) is 20.0. The fourth-order valence-corrected chi connectivity index (χ4v) is 6.43. The molecule has 166 valence electrons. The number of nitrogens with zero attached hydrogens (tertiary/aromatic N) is 3. The van der Waals surface area contributed by atoms with Gasteiger partial charge in [0.1, 0.15) is 4.91 Å². The third kappa shape index (κ3) is 4.19. The Kier molecular flexibility index (Phi) is 5.99. The Morgan fingerprint density at radius 2 is 1.76 bits per heavy atom. The first-order valence-corrected chi connectivity index (χ1v) is 12.6. The monoisotopic (exact) mass is 491 g/mol. The number of aryl methyl sites for hydroxylation is 1. The maximum atomic E-state index is 13.8. The Labute approximate surface area is 207 Å². The predicted octanol–water partition coefficient (Wildman–Crippen LogP) is 7.26. The van der Waals surface area contributed by atoms with Gasteiger partial charge in [-0.3, -0.25) is 14.7 Å². The highest BCUT2D eigenvalue weighted by molar-refractivity contribution is 8.20. The minimum Gasteiger partial charge on any atom is -0.337 e. The highest BCUT2D eigenvalue weighted by atomic mass is 35.5. The molecule has 3 aromatic rings. The van der Waals surface area contributed by atoms with Gasteiger partial charge in [0.2, 0.25) is 0 Å². The molecule has 0 spiro atoms. The molecule has 0 saturated carbocycles. The molecule has 0 aliphatic carbocycles. The topological polar surface area (TPSA) is 35.9 Å². The molecule has 7 heteroatoms. The number of anilines is 2. The molecule has 2 aliphatic heterocycles. The number of fused-ring (bicyclic) bond motifs is 1. The number of carbonyl (C=O) groups excluding carboxylic acids is 1. The van der Waals surface area contributed by atoms with Crippen LogP contribution in [-0.4, -0.2) is 18.1 Å². The standard InChI is InChI=1S/C26H22ClN3OS2/c1-16-8-7-11-20(14-16)30-24(31)23(25-29(3)21-15-19(27)12-13-22(21)32-25)33-26(30)28-17(2)18-9-5-4-6-10-18/h4-15,17H,1-3H3/b25-23-,28-26?/t17-/m0/s1. The number of amidine groups is 1. The van der Waals surface area contributed by atoms with Crippen LogP contribution in [0.4, 0.5) is 11.4 Å². The van der Waals surface area contributed by atoms with Gasteiger partial charge in [-0.05, 0) is 67.1 Å². The van der Waals surface area contributed by atoms with Crippen molar-refractivity contribution in [3.8, 4) is 0 Å². The fourth-order valence-electron chi connectivity index (χ4n) is 3.87. The highest BCUT2D eigenvalue weighted by Crippen LogP contribution is 2.51. The summed E-state index contributed by atoms with van der Waals surface area (Å²) in [5.74, 6) is -0.0575. The summed E-state index contributed by atoms with van der Waals surface area (Å²) >= 11 is 9.26. The number of thioether (sulfide) groups is 2. The average molecular weight is 492 g/mol. The lowest BCUT2D eigenvalue weighted by molar-refractivity contribution is -0.113. The second-order valence-electron chi connectivity index (χ2n) is 7.99. The molecular weight excluding hydrogens is 470 g/mol. The van der Waals surface area contributed by atoms with Crippen LogP contribution in [0.5, 0.6) is 0 Å². The average Bonchev–Trinajstić information content (AvgIpc) is 3.30. The van der Waals surface area contributed by atoms with Gasteiger partial charge < -0.3 is 4.90 Å². The Balaban J connectivity index is 1.59. The minimum absolute atomic E-state index is 0.0575. The molecule has 2 heterocycles. The second kappa shape index (κ2) is 8.93. The Morgan fingerprint density at radius 1 is 0.970 bits per heavy atom. The van der Waals surface area contributed by atoms with Crippen molar-refractivity contribution in [2.45, 2.75) is 24.8 Å². The van der Waals surface area contributed by atoms with Crippen LogP contribution in [0.15, 0.2) is 92.6 Å².